The number of fused-ring (bicyclic) bond motifs is 1. The van der Waals surface area contributed by atoms with Crippen molar-refractivity contribution in [2.75, 3.05) is 57.9 Å². The first-order valence-electron chi connectivity index (χ1n) is 24.7. The van der Waals surface area contributed by atoms with Gasteiger partial charge >= 0.3 is 6.03 Å². The van der Waals surface area contributed by atoms with Crippen LogP contribution in [0.5, 0.6) is 17.2 Å². The highest BCUT2D eigenvalue weighted by atomic mass is 35.5. The summed E-state index contributed by atoms with van der Waals surface area (Å²) in [7, 11) is 1.30. The van der Waals surface area contributed by atoms with E-state index < -0.39 is 35.1 Å². The maximum Gasteiger partial charge on any atom is 0.328 e. The van der Waals surface area contributed by atoms with E-state index in [1.54, 1.807) is 12.1 Å². The Hall–Kier alpha value is -6.26. The number of nitrogens with zero attached hydrogens (tertiary/aromatic N) is 3. The zero-order valence-corrected chi connectivity index (χ0v) is 41.1. The van der Waals surface area contributed by atoms with E-state index in [1.807, 2.05) is 60.0 Å². The quantitative estimate of drug-likeness (QED) is 0.119. The second kappa shape index (κ2) is 20.8. The fourth-order valence-corrected chi connectivity index (χ4v) is 11.9. The molecule has 0 bridgehead atoms. The van der Waals surface area contributed by atoms with Crippen LogP contribution in [0, 0.1) is 36.3 Å². The van der Waals surface area contributed by atoms with Gasteiger partial charge in [0.2, 0.25) is 17.7 Å². The Morgan fingerprint density at radius 2 is 1.55 bits per heavy atom. The summed E-state index contributed by atoms with van der Waals surface area (Å²) in [6, 6.07) is 18.4. The van der Waals surface area contributed by atoms with Crippen molar-refractivity contribution in [2.24, 2.45) is 23.5 Å². The Morgan fingerprint density at radius 3 is 2.20 bits per heavy atom. The first-order chi connectivity index (χ1) is 34.2. The number of rotatable bonds is 13. The summed E-state index contributed by atoms with van der Waals surface area (Å²) >= 11 is 6.70. The van der Waals surface area contributed by atoms with E-state index in [-0.39, 0.29) is 82.5 Å². The number of piperidine rings is 2. The Bertz CT molecular complexity index is 2700. The molecular formula is C54H61ClF2N6O8. The molecule has 4 aliphatic heterocycles. The molecule has 4 N–H and O–H groups in total. The maximum absolute atomic E-state index is 16.2. The van der Waals surface area contributed by atoms with Crippen LogP contribution in [-0.2, 0) is 20.0 Å². The Balaban J connectivity index is 0.766. The number of halogens is 3. The number of amides is 6. The van der Waals surface area contributed by atoms with Crippen molar-refractivity contribution >= 4 is 46.9 Å². The molecule has 0 spiro atoms. The first kappa shape index (κ1) is 49.7. The third-order valence-electron chi connectivity index (χ3n) is 15.8. The molecule has 0 radical (unpaired) electrons. The molecule has 1 saturated carbocycles. The van der Waals surface area contributed by atoms with Gasteiger partial charge in [-0.25, -0.2) is 13.6 Å². The van der Waals surface area contributed by atoms with Gasteiger partial charge in [0.05, 0.1) is 23.4 Å². The maximum atomic E-state index is 16.2. The zero-order valence-electron chi connectivity index (χ0n) is 40.4. The number of urea groups is 1. The monoisotopic (exact) mass is 994 g/mol. The van der Waals surface area contributed by atoms with Crippen LogP contribution in [0.4, 0.5) is 19.3 Å². The van der Waals surface area contributed by atoms with Gasteiger partial charge in [0.25, 0.3) is 5.91 Å². The van der Waals surface area contributed by atoms with Crippen LogP contribution in [0.3, 0.4) is 0 Å². The fourth-order valence-electron chi connectivity index (χ4n) is 11.7. The number of hydrogen-bond donors (Lipinski definition) is 3. The van der Waals surface area contributed by atoms with Crippen molar-refractivity contribution in [1.82, 2.24) is 20.4 Å². The number of imide groups is 1. The number of hydrogen-bond acceptors (Lipinski definition) is 9. The third kappa shape index (κ3) is 9.89. The molecule has 6 amide bonds. The van der Waals surface area contributed by atoms with E-state index in [0.717, 1.165) is 75.6 Å². The minimum Gasteiger partial charge on any atom is -0.494 e. The molecule has 4 aromatic carbocycles. The van der Waals surface area contributed by atoms with Crippen LogP contribution in [0.2, 0.25) is 5.02 Å². The summed E-state index contributed by atoms with van der Waals surface area (Å²) in [5, 5.41) is 5.72. The van der Waals surface area contributed by atoms with Crippen LogP contribution in [-0.4, -0.2) is 98.5 Å². The highest BCUT2D eigenvalue weighted by Crippen LogP contribution is 2.56. The minimum absolute atomic E-state index is 0.0107. The van der Waals surface area contributed by atoms with Crippen LogP contribution in [0.15, 0.2) is 66.7 Å². The molecule has 1 aliphatic carbocycles. The molecule has 2 atom stereocenters. The standard InChI is InChI=1S/C54H61ClF2N6O8/c1-31-9-14-38(27-41(31)63-26-21-44(64)60-53(63)68)70-29-45(65)61-22-17-33(18-23-61)34-19-24-62(25-20-34)52(67)35-10-12-37(13-11-35)59-30-54(36-7-5-4-6-8-36)32(2)46-43(71-54)28-40(56)49(55)48(46)47-39(51(58)66)15-16-42(69-3)50(47)57/h4-9,14-16,27-28,32-35,37,59H,10-13,17-26,29-30H2,1-3H3,(H2,58,66)(H,60,64,68)/t32-,35?,37?,54-/m0/s1. The average molecular weight is 996 g/mol. The third-order valence-corrected chi connectivity index (χ3v) is 16.1. The molecule has 5 aliphatic rings. The molecule has 4 aromatic rings. The van der Waals surface area contributed by atoms with Gasteiger partial charge in [0, 0.05) is 92.4 Å². The van der Waals surface area contributed by atoms with Crippen LogP contribution in [0.25, 0.3) is 11.1 Å². The van der Waals surface area contributed by atoms with Crippen molar-refractivity contribution < 1.29 is 47.0 Å². The van der Waals surface area contributed by atoms with Crippen molar-refractivity contribution in [3.05, 3.63) is 106 Å². The molecule has 71 heavy (non-hydrogen) atoms. The van der Waals surface area contributed by atoms with Crippen molar-refractivity contribution in [1.29, 1.82) is 0 Å². The SMILES string of the molecule is COc1ccc(C(N)=O)c(-c2c(Cl)c(F)cc3c2[C@H](C)[C@@](CNC2CCC(C(=O)N4CCC(C5CCN(C(=O)COc6ccc(C)c(N7CCC(=O)NC7=O)c6)CC5)CC4)CC2)(c2ccccc2)O3)c1F. The number of benzene rings is 4. The molecule has 0 unspecified atom stereocenters. The van der Waals surface area contributed by atoms with E-state index in [2.05, 4.69) is 10.6 Å². The van der Waals surface area contributed by atoms with E-state index >= 15 is 8.78 Å². The Kier molecular flexibility index (Phi) is 14.6. The number of aryl methyl sites for hydroxylation is 1. The fraction of sp³-hybridized carbons (Fsp3) is 0.463. The molecule has 4 heterocycles. The van der Waals surface area contributed by atoms with E-state index in [1.165, 1.54) is 30.2 Å². The van der Waals surface area contributed by atoms with Gasteiger partial charge in [-0.05, 0) is 99.5 Å². The zero-order chi connectivity index (χ0) is 50.1. The Morgan fingerprint density at radius 1 is 0.873 bits per heavy atom. The molecular weight excluding hydrogens is 934 g/mol. The summed E-state index contributed by atoms with van der Waals surface area (Å²) in [6.07, 6.45) is 6.93. The van der Waals surface area contributed by atoms with Gasteiger partial charge in [-0.1, -0.05) is 54.9 Å². The molecule has 14 nitrogen and oxygen atoms in total. The van der Waals surface area contributed by atoms with Gasteiger partial charge in [-0.3, -0.25) is 29.4 Å². The average Bonchev–Trinajstić information content (AvgIpc) is 3.66. The highest BCUT2D eigenvalue weighted by molar-refractivity contribution is 6.34. The summed E-state index contributed by atoms with van der Waals surface area (Å²) in [5.41, 5.74) is 6.98. The number of methoxy groups -OCH3 is 1. The van der Waals surface area contributed by atoms with Crippen LogP contribution in [0.1, 0.15) is 97.7 Å². The number of ether oxygens (including phenoxy) is 3. The first-order valence-corrected chi connectivity index (χ1v) is 25.1. The van der Waals surface area contributed by atoms with Crippen molar-refractivity contribution in [3.63, 3.8) is 0 Å². The molecule has 0 aromatic heterocycles. The number of nitrogens with two attached hydrogens (primary N) is 1. The molecule has 17 heteroatoms. The number of carbonyl (C=O) groups excluding carboxylic acids is 5. The summed E-state index contributed by atoms with van der Waals surface area (Å²) in [4.78, 5) is 69.4. The lowest BCUT2D eigenvalue weighted by Crippen LogP contribution is -2.49. The molecule has 3 saturated heterocycles. The number of likely N-dealkylation sites (tertiary alicyclic amines) is 2. The minimum atomic E-state index is -1.08. The normalized spacial score (nSPS) is 23.0. The number of nitrogens with one attached hydrogen (secondary N) is 2. The summed E-state index contributed by atoms with van der Waals surface area (Å²) in [6.45, 7) is 7.06. The molecule has 376 valence electrons. The van der Waals surface area contributed by atoms with E-state index in [0.29, 0.717) is 48.5 Å². The van der Waals surface area contributed by atoms with Gasteiger partial charge in [-0.2, -0.15) is 0 Å². The molecule has 9 rings (SSSR count). The lowest BCUT2D eigenvalue weighted by molar-refractivity contribution is -0.139. The summed E-state index contributed by atoms with van der Waals surface area (Å²) < 4.78 is 50.0. The smallest absolute Gasteiger partial charge is 0.328 e. The van der Waals surface area contributed by atoms with Gasteiger partial charge in [0.15, 0.2) is 23.8 Å². The number of primary amides is 1. The lowest BCUT2D eigenvalue weighted by Gasteiger charge is -2.41. The van der Waals surface area contributed by atoms with Gasteiger partial charge < -0.3 is 35.1 Å². The summed E-state index contributed by atoms with van der Waals surface area (Å²) in [5.74, 6) is -1.91. The number of carbonyl (C=O) groups is 5. The predicted octanol–water partition coefficient (Wildman–Crippen LogP) is 8.24. The Labute approximate surface area is 417 Å². The van der Waals surface area contributed by atoms with Crippen LogP contribution < -0.4 is 35.5 Å². The van der Waals surface area contributed by atoms with Gasteiger partial charge in [0.1, 0.15) is 17.3 Å². The number of anilines is 1. The predicted molar refractivity (Wildman–Crippen MR) is 264 cm³/mol. The molecule has 4 fully saturated rings. The lowest BCUT2D eigenvalue weighted by atomic mass is 9.77. The largest absolute Gasteiger partial charge is 0.494 e. The topological polar surface area (TPSA) is 173 Å². The van der Waals surface area contributed by atoms with Crippen molar-refractivity contribution in [2.45, 2.75) is 89.2 Å². The second-order valence-electron chi connectivity index (χ2n) is 19.7. The van der Waals surface area contributed by atoms with Gasteiger partial charge in [-0.15, -0.1) is 0 Å². The van der Waals surface area contributed by atoms with Crippen molar-refractivity contribution in [3.8, 4) is 28.4 Å². The van der Waals surface area contributed by atoms with E-state index in [4.69, 9.17) is 31.5 Å². The highest BCUT2D eigenvalue weighted by Gasteiger charge is 2.50. The second-order valence-corrected chi connectivity index (χ2v) is 20.1. The van der Waals surface area contributed by atoms with Crippen LogP contribution >= 0.6 is 11.6 Å². The van der Waals surface area contributed by atoms with E-state index in [9.17, 15) is 24.0 Å².